The fraction of sp³-hybridized carbons (Fsp3) is 0.389. The third kappa shape index (κ3) is 3.48. The quantitative estimate of drug-likeness (QED) is 0.910. The highest BCUT2D eigenvalue weighted by molar-refractivity contribution is 6.00. The second-order valence-electron chi connectivity index (χ2n) is 6.16. The Morgan fingerprint density at radius 1 is 1.38 bits per heavy atom. The number of urea groups is 1. The Labute approximate surface area is 141 Å². The SMILES string of the molecule is CCC(=O)N1CC[C@H](NC(=O)Nc2cc(C)cc3cccnc23)C1. The number of fused-ring (bicyclic) bond motifs is 1. The van der Waals surface area contributed by atoms with Crippen LogP contribution in [0, 0.1) is 6.92 Å². The van der Waals surface area contributed by atoms with Gasteiger partial charge in [-0.05, 0) is 37.1 Å². The van der Waals surface area contributed by atoms with E-state index in [-0.39, 0.29) is 18.0 Å². The summed E-state index contributed by atoms with van der Waals surface area (Å²) in [6.07, 6.45) is 3.00. The van der Waals surface area contributed by atoms with E-state index in [1.807, 2.05) is 38.1 Å². The minimum absolute atomic E-state index is 0.00969. The lowest BCUT2D eigenvalue weighted by Gasteiger charge is -2.17. The molecule has 2 N–H and O–H groups in total. The van der Waals surface area contributed by atoms with Gasteiger partial charge in [-0.3, -0.25) is 9.78 Å². The zero-order valence-electron chi connectivity index (χ0n) is 14.0. The molecule has 0 aliphatic carbocycles. The molecule has 1 atom stereocenters. The van der Waals surface area contributed by atoms with Gasteiger partial charge in [-0.25, -0.2) is 4.79 Å². The number of pyridine rings is 1. The Hall–Kier alpha value is -2.63. The second-order valence-corrected chi connectivity index (χ2v) is 6.16. The first-order valence-corrected chi connectivity index (χ1v) is 8.27. The summed E-state index contributed by atoms with van der Waals surface area (Å²) < 4.78 is 0. The van der Waals surface area contributed by atoms with Gasteiger partial charge in [0.1, 0.15) is 0 Å². The molecule has 0 unspecified atom stereocenters. The summed E-state index contributed by atoms with van der Waals surface area (Å²) in [6.45, 7) is 5.12. The molecule has 1 saturated heterocycles. The number of rotatable bonds is 3. The van der Waals surface area contributed by atoms with Gasteiger partial charge in [0.25, 0.3) is 0 Å². The van der Waals surface area contributed by atoms with E-state index in [1.54, 1.807) is 11.1 Å². The Morgan fingerprint density at radius 2 is 2.21 bits per heavy atom. The van der Waals surface area contributed by atoms with Gasteiger partial charge in [0.2, 0.25) is 5.91 Å². The van der Waals surface area contributed by atoms with Gasteiger partial charge in [0.05, 0.1) is 11.2 Å². The lowest BCUT2D eigenvalue weighted by Crippen LogP contribution is -2.40. The number of amides is 3. The molecule has 2 heterocycles. The van der Waals surface area contributed by atoms with Crippen molar-refractivity contribution in [3.63, 3.8) is 0 Å². The molecular weight excluding hydrogens is 304 g/mol. The largest absolute Gasteiger partial charge is 0.341 e. The van der Waals surface area contributed by atoms with Crippen molar-refractivity contribution in [1.82, 2.24) is 15.2 Å². The maximum Gasteiger partial charge on any atom is 0.319 e. The van der Waals surface area contributed by atoms with E-state index in [0.29, 0.717) is 25.2 Å². The predicted octanol–water partition coefficient (Wildman–Crippen LogP) is 2.68. The van der Waals surface area contributed by atoms with Gasteiger partial charge in [0, 0.05) is 37.1 Å². The summed E-state index contributed by atoms with van der Waals surface area (Å²) in [4.78, 5) is 30.2. The lowest BCUT2D eigenvalue weighted by atomic mass is 10.1. The molecular formula is C18H22N4O2. The molecule has 1 fully saturated rings. The number of carbonyl (C=O) groups is 2. The van der Waals surface area contributed by atoms with Crippen LogP contribution in [-0.2, 0) is 4.79 Å². The van der Waals surface area contributed by atoms with Crippen LogP contribution in [-0.4, -0.2) is 41.0 Å². The van der Waals surface area contributed by atoms with E-state index in [2.05, 4.69) is 15.6 Å². The average molecular weight is 326 g/mol. The van der Waals surface area contributed by atoms with Crippen LogP contribution in [0.15, 0.2) is 30.5 Å². The highest BCUT2D eigenvalue weighted by Crippen LogP contribution is 2.23. The molecule has 6 nitrogen and oxygen atoms in total. The van der Waals surface area contributed by atoms with E-state index < -0.39 is 0 Å². The van der Waals surface area contributed by atoms with Gasteiger partial charge < -0.3 is 15.5 Å². The van der Waals surface area contributed by atoms with Crippen LogP contribution in [0.2, 0.25) is 0 Å². The Morgan fingerprint density at radius 3 is 3.00 bits per heavy atom. The molecule has 2 aromatic rings. The van der Waals surface area contributed by atoms with Crippen LogP contribution in [0.3, 0.4) is 0 Å². The number of carbonyl (C=O) groups excluding carboxylic acids is 2. The van der Waals surface area contributed by atoms with Crippen molar-refractivity contribution in [1.29, 1.82) is 0 Å². The van der Waals surface area contributed by atoms with Crippen molar-refractivity contribution in [3.05, 3.63) is 36.0 Å². The van der Waals surface area contributed by atoms with Crippen LogP contribution < -0.4 is 10.6 Å². The molecule has 6 heteroatoms. The van der Waals surface area contributed by atoms with Crippen molar-refractivity contribution >= 4 is 28.5 Å². The van der Waals surface area contributed by atoms with Crippen molar-refractivity contribution in [3.8, 4) is 0 Å². The molecule has 1 aromatic heterocycles. The molecule has 24 heavy (non-hydrogen) atoms. The van der Waals surface area contributed by atoms with Crippen LogP contribution >= 0.6 is 0 Å². The molecule has 3 amide bonds. The minimum Gasteiger partial charge on any atom is -0.341 e. The van der Waals surface area contributed by atoms with Gasteiger partial charge in [-0.1, -0.05) is 13.0 Å². The van der Waals surface area contributed by atoms with Crippen molar-refractivity contribution in [2.24, 2.45) is 0 Å². The number of nitrogens with zero attached hydrogens (tertiary/aromatic N) is 2. The number of aromatic nitrogens is 1. The first-order chi connectivity index (χ1) is 11.6. The third-order valence-electron chi connectivity index (χ3n) is 4.28. The maximum absolute atomic E-state index is 12.3. The highest BCUT2D eigenvalue weighted by atomic mass is 16.2. The summed E-state index contributed by atoms with van der Waals surface area (Å²) >= 11 is 0. The normalized spacial score (nSPS) is 17.1. The van der Waals surface area contributed by atoms with Gasteiger partial charge in [-0.15, -0.1) is 0 Å². The van der Waals surface area contributed by atoms with Gasteiger partial charge >= 0.3 is 6.03 Å². The summed E-state index contributed by atoms with van der Waals surface area (Å²) in [6, 6.07) is 7.54. The zero-order valence-corrected chi connectivity index (χ0v) is 14.0. The molecule has 0 saturated carbocycles. The third-order valence-corrected chi connectivity index (χ3v) is 4.28. The van der Waals surface area contributed by atoms with E-state index in [0.717, 1.165) is 22.9 Å². The summed E-state index contributed by atoms with van der Waals surface area (Å²) in [5.41, 5.74) is 2.53. The number of nitrogens with one attached hydrogen (secondary N) is 2. The monoisotopic (exact) mass is 326 g/mol. The number of aryl methyl sites for hydroxylation is 1. The molecule has 3 rings (SSSR count). The summed E-state index contributed by atoms with van der Waals surface area (Å²) in [7, 11) is 0. The van der Waals surface area contributed by atoms with Gasteiger partial charge in [0.15, 0.2) is 0 Å². The number of anilines is 1. The molecule has 1 aliphatic heterocycles. The highest BCUT2D eigenvalue weighted by Gasteiger charge is 2.26. The summed E-state index contributed by atoms with van der Waals surface area (Å²) in [5.74, 6) is 0.133. The molecule has 1 aromatic carbocycles. The Bertz CT molecular complexity index is 775. The smallest absolute Gasteiger partial charge is 0.319 e. The van der Waals surface area contributed by atoms with E-state index in [4.69, 9.17) is 0 Å². The topological polar surface area (TPSA) is 74.3 Å². The Kier molecular flexibility index (Phi) is 4.64. The number of hydrogen-bond acceptors (Lipinski definition) is 3. The second kappa shape index (κ2) is 6.86. The molecule has 0 spiro atoms. The molecule has 126 valence electrons. The van der Waals surface area contributed by atoms with Crippen molar-refractivity contribution < 1.29 is 9.59 Å². The minimum atomic E-state index is -0.261. The lowest BCUT2D eigenvalue weighted by molar-refractivity contribution is -0.129. The summed E-state index contributed by atoms with van der Waals surface area (Å²) in [5, 5.41) is 6.84. The van der Waals surface area contributed by atoms with E-state index >= 15 is 0 Å². The fourth-order valence-corrected chi connectivity index (χ4v) is 3.11. The number of hydrogen-bond donors (Lipinski definition) is 2. The first-order valence-electron chi connectivity index (χ1n) is 8.27. The van der Waals surface area contributed by atoms with Crippen LogP contribution in [0.25, 0.3) is 10.9 Å². The van der Waals surface area contributed by atoms with Crippen LogP contribution in [0.5, 0.6) is 0 Å². The standard InChI is InChI=1S/C18H22N4O2/c1-3-16(23)22-8-6-14(11-22)20-18(24)21-15-10-12(2)9-13-5-4-7-19-17(13)15/h4-5,7,9-10,14H,3,6,8,11H2,1-2H3,(H2,20,21,24)/t14-/m0/s1. The molecule has 0 bridgehead atoms. The van der Waals surface area contributed by atoms with E-state index in [9.17, 15) is 9.59 Å². The molecule has 0 radical (unpaired) electrons. The Balaban J connectivity index is 1.67. The first kappa shape index (κ1) is 16.2. The predicted molar refractivity (Wildman–Crippen MR) is 93.9 cm³/mol. The number of likely N-dealkylation sites (tertiary alicyclic amines) is 1. The fourth-order valence-electron chi connectivity index (χ4n) is 3.11. The van der Waals surface area contributed by atoms with Crippen LogP contribution in [0.4, 0.5) is 10.5 Å². The van der Waals surface area contributed by atoms with Gasteiger partial charge in [-0.2, -0.15) is 0 Å². The maximum atomic E-state index is 12.3. The number of benzene rings is 1. The van der Waals surface area contributed by atoms with Crippen molar-refractivity contribution in [2.75, 3.05) is 18.4 Å². The van der Waals surface area contributed by atoms with Crippen molar-refractivity contribution in [2.45, 2.75) is 32.7 Å². The van der Waals surface area contributed by atoms with Crippen LogP contribution in [0.1, 0.15) is 25.3 Å². The molecule has 1 aliphatic rings. The average Bonchev–Trinajstić information content (AvgIpc) is 3.02. The van der Waals surface area contributed by atoms with E-state index in [1.165, 1.54) is 0 Å². The zero-order chi connectivity index (χ0) is 17.1.